The Balaban J connectivity index is 1.42. The number of ether oxygens (including phenoxy) is 1. The maximum absolute atomic E-state index is 12.7. The fourth-order valence-electron chi connectivity index (χ4n) is 3.12. The van der Waals surface area contributed by atoms with Gasteiger partial charge in [0, 0.05) is 26.2 Å². The topological polar surface area (TPSA) is 76.4 Å². The number of rotatable bonds is 4. The van der Waals surface area contributed by atoms with E-state index in [-0.39, 0.29) is 11.7 Å². The number of aromatic nitrogens is 4. The second-order valence-corrected chi connectivity index (χ2v) is 6.74. The van der Waals surface area contributed by atoms with E-state index in [0.717, 1.165) is 11.4 Å². The Morgan fingerprint density at radius 3 is 2.43 bits per heavy atom. The number of methoxy groups -OCH3 is 1. The van der Waals surface area contributed by atoms with Gasteiger partial charge in [0.05, 0.1) is 23.5 Å². The van der Waals surface area contributed by atoms with Crippen molar-refractivity contribution in [2.24, 2.45) is 0 Å². The van der Waals surface area contributed by atoms with Gasteiger partial charge in [-0.15, -0.1) is 15.0 Å². The lowest BCUT2D eigenvalue weighted by Gasteiger charge is -2.35. The van der Waals surface area contributed by atoms with Gasteiger partial charge in [-0.25, -0.2) is 0 Å². The van der Waals surface area contributed by atoms with Crippen molar-refractivity contribution in [1.82, 2.24) is 25.1 Å². The first-order chi connectivity index (χ1) is 13.7. The van der Waals surface area contributed by atoms with Crippen LogP contribution < -0.4 is 9.64 Å². The highest BCUT2D eigenvalue weighted by molar-refractivity contribution is 6.33. The first kappa shape index (κ1) is 18.2. The lowest BCUT2D eigenvalue weighted by atomic mass is 10.2. The summed E-state index contributed by atoms with van der Waals surface area (Å²) in [7, 11) is 1.60. The van der Waals surface area contributed by atoms with E-state index in [0.29, 0.717) is 36.9 Å². The third-order valence-electron chi connectivity index (χ3n) is 4.67. The highest BCUT2D eigenvalue weighted by atomic mass is 35.5. The van der Waals surface area contributed by atoms with Crippen LogP contribution in [0.3, 0.4) is 0 Å². The summed E-state index contributed by atoms with van der Waals surface area (Å²) in [6, 6.07) is 14.9. The summed E-state index contributed by atoms with van der Waals surface area (Å²) in [5.74, 6) is 0.595. The molecule has 0 aliphatic carbocycles. The minimum Gasteiger partial charge on any atom is -0.497 e. The van der Waals surface area contributed by atoms with Gasteiger partial charge in [-0.3, -0.25) is 4.79 Å². The van der Waals surface area contributed by atoms with Gasteiger partial charge in [0.25, 0.3) is 11.7 Å². The maximum Gasteiger partial charge on any atom is 0.295 e. The molecule has 3 aromatic rings. The van der Waals surface area contributed by atoms with E-state index in [9.17, 15) is 4.79 Å². The molecule has 0 spiro atoms. The first-order valence-corrected chi connectivity index (χ1v) is 9.27. The molecule has 0 unspecified atom stereocenters. The number of hydrogen-bond donors (Lipinski definition) is 0. The van der Waals surface area contributed by atoms with Crippen LogP contribution in [0.1, 0.15) is 10.6 Å². The van der Waals surface area contributed by atoms with Crippen molar-refractivity contribution in [2.45, 2.75) is 0 Å². The molecule has 0 radical (unpaired) electrons. The number of carbonyl (C=O) groups is 1. The molecule has 2 heterocycles. The summed E-state index contributed by atoms with van der Waals surface area (Å²) in [5, 5.41) is 12.9. The first-order valence-electron chi connectivity index (χ1n) is 8.89. The van der Waals surface area contributed by atoms with Crippen LogP contribution in [0.25, 0.3) is 5.69 Å². The molecule has 2 aromatic carbocycles. The second kappa shape index (κ2) is 7.85. The van der Waals surface area contributed by atoms with Gasteiger partial charge >= 0.3 is 0 Å². The predicted octanol–water partition coefficient (Wildman–Crippen LogP) is 2.29. The molecule has 4 rings (SSSR count). The summed E-state index contributed by atoms with van der Waals surface area (Å²) in [6.07, 6.45) is 0. The molecule has 28 heavy (non-hydrogen) atoms. The largest absolute Gasteiger partial charge is 0.497 e. The minimum absolute atomic E-state index is 0.0852. The Kier molecular flexibility index (Phi) is 5.12. The van der Waals surface area contributed by atoms with Crippen molar-refractivity contribution >= 4 is 23.2 Å². The number of piperazine rings is 1. The van der Waals surface area contributed by atoms with Gasteiger partial charge in [0.1, 0.15) is 5.75 Å². The van der Waals surface area contributed by atoms with Crippen LogP contribution in [0, 0.1) is 0 Å². The molecule has 1 amide bonds. The number of amides is 1. The number of nitrogens with zero attached hydrogens (tertiary/aromatic N) is 6. The van der Waals surface area contributed by atoms with Crippen LogP contribution in [0.15, 0.2) is 48.5 Å². The van der Waals surface area contributed by atoms with Gasteiger partial charge in [-0.2, -0.15) is 0 Å². The van der Waals surface area contributed by atoms with Gasteiger partial charge in [-0.1, -0.05) is 23.7 Å². The van der Waals surface area contributed by atoms with Crippen LogP contribution in [-0.4, -0.2) is 64.3 Å². The summed E-state index contributed by atoms with van der Waals surface area (Å²) in [6.45, 7) is 2.53. The lowest BCUT2D eigenvalue weighted by Crippen LogP contribution is -2.49. The molecule has 1 saturated heterocycles. The molecule has 9 heteroatoms. The molecule has 1 aromatic heterocycles. The Morgan fingerprint density at radius 2 is 1.75 bits per heavy atom. The van der Waals surface area contributed by atoms with Crippen molar-refractivity contribution in [3.63, 3.8) is 0 Å². The fourth-order valence-corrected chi connectivity index (χ4v) is 3.38. The van der Waals surface area contributed by atoms with Crippen molar-refractivity contribution in [2.75, 3.05) is 38.2 Å². The zero-order valence-corrected chi connectivity index (χ0v) is 16.1. The minimum atomic E-state index is -0.224. The number of hydrogen-bond acceptors (Lipinski definition) is 6. The maximum atomic E-state index is 12.7. The SMILES string of the molecule is COc1ccc(-n2nnc(C(=O)N3CCN(c4ccccc4Cl)CC3)n2)cc1. The number of carbonyl (C=O) groups excluding carboxylic acids is 1. The van der Waals surface area contributed by atoms with E-state index in [1.165, 1.54) is 4.80 Å². The number of anilines is 1. The number of para-hydroxylation sites is 1. The van der Waals surface area contributed by atoms with Gasteiger partial charge in [0.2, 0.25) is 0 Å². The van der Waals surface area contributed by atoms with Crippen LogP contribution in [-0.2, 0) is 0 Å². The van der Waals surface area contributed by atoms with E-state index in [1.54, 1.807) is 36.3 Å². The molecule has 1 aliphatic rings. The average molecular weight is 399 g/mol. The zero-order valence-electron chi connectivity index (χ0n) is 15.3. The second-order valence-electron chi connectivity index (χ2n) is 6.33. The third-order valence-corrected chi connectivity index (χ3v) is 4.99. The Hall–Kier alpha value is -3.13. The van der Waals surface area contributed by atoms with Gasteiger partial charge in [-0.05, 0) is 41.6 Å². The molecular weight excluding hydrogens is 380 g/mol. The molecule has 0 N–H and O–H groups in total. The van der Waals surface area contributed by atoms with Crippen LogP contribution in [0.4, 0.5) is 5.69 Å². The number of benzene rings is 2. The van der Waals surface area contributed by atoms with Crippen LogP contribution >= 0.6 is 11.6 Å². The summed E-state index contributed by atoms with van der Waals surface area (Å²) in [4.78, 5) is 18.0. The highest BCUT2D eigenvalue weighted by Crippen LogP contribution is 2.26. The average Bonchev–Trinajstić information content (AvgIpc) is 3.24. The molecule has 1 fully saturated rings. The van der Waals surface area contributed by atoms with Crippen molar-refractivity contribution < 1.29 is 9.53 Å². The molecular formula is C19H19ClN6O2. The zero-order chi connectivity index (χ0) is 19.5. The quantitative estimate of drug-likeness (QED) is 0.671. The summed E-state index contributed by atoms with van der Waals surface area (Å²) >= 11 is 6.27. The molecule has 0 atom stereocenters. The van der Waals surface area contributed by atoms with E-state index >= 15 is 0 Å². The van der Waals surface area contributed by atoms with Gasteiger partial charge < -0.3 is 14.5 Å². The molecule has 8 nitrogen and oxygen atoms in total. The molecule has 0 bridgehead atoms. The molecule has 1 aliphatic heterocycles. The third kappa shape index (κ3) is 3.63. The molecule has 144 valence electrons. The number of halogens is 1. The van der Waals surface area contributed by atoms with E-state index < -0.39 is 0 Å². The summed E-state index contributed by atoms with van der Waals surface area (Å²) < 4.78 is 5.14. The smallest absolute Gasteiger partial charge is 0.295 e. The number of tetrazole rings is 1. The standard InChI is InChI=1S/C19H19ClN6O2/c1-28-15-8-6-14(7-9-15)26-22-18(21-23-26)19(27)25-12-10-24(11-13-25)17-5-3-2-4-16(17)20/h2-9H,10-13H2,1H3. The normalized spacial score (nSPS) is 14.2. The van der Waals surface area contributed by atoms with E-state index in [4.69, 9.17) is 16.3 Å². The van der Waals surface area contributed by atoms with Gasteiger partial charge in [0.15, 0.2) is 0 Å². The summed E-state index contributed by atoms with van der Waals surface area (Å²) in [5.41, 5.74) is 1.69. The molecule has 0 saturated carbocycles. The monoisotopic (exact) mass is 398 g/mol. The van der Waals surface area contributed by atoms with E-state index in [2.05, 4.69) is 20.3 Å². The highest BCUT2D eigenvalue weighted by Gasteiger charge is 2.26. The van der Waals surface area contributed by atoms with E-state index in [1.807, 2.05) is 24.3 Å². The lowest BCUT2D eigenvalue weighted by molar-refractivity contribution is 0.0734. The van der Waals surface area contributed by atoms with Crippen molar-refractivity contribution in [1.29, 1.82) is 0 Å². The van der Waals surface area contributed by atoms with Crippen LogP contribution in [0.5, 0.6) is 5.75 Å². The fraction of sp³-hybridized carbons (Fsp3) is 0.263. The van der Waals surface area contributed by atoms with Crippen LogP contribution in [0.2, 0.25) is 5.02 Å². The Bertz CT molecular complexity index is 967. The Morgan fingerprint density at radius 1 is 1.04 bits per heavy atom. The Labute approximate surface area is 167 Å². The van der Waals surface area contributed by atoms with Crippen molar-refractivity contribution in [3.8, 4) is 11.4 Å². The van der Waals surface area contributed by atoms with Crippen molar-refractivity contribution in [3.05, 3.63) is 59.4 Å². The predicted molar refractivity (Wildman–Crippen MR) is 105 cm³/mol.